The van der Waals surface area contributed by atoms with Gasteiger partial charge in [-0.05, 0) is 38.1 Å². The number of rotatable bonds is 13. The van der Waals surface area contributed by atoms with Crippen LogP contribution in [0, 0.1) is 6.92 Å². The van der Waals surface area contributed by atoms with Gasteiger partial charge in [0.2, 0.25) is 0 Å². The molecule has 0 saturated carbocycles. The molecule has 0 unspecified atom stereocenters. The molecule has 1 aromatic carbocycles. The van der Waals surface area contributed by atoms with Crippen molar-refractivity contribution >= 4 is 5.96 Å². The number of hydrogen-bond acceptors (Lipinski definition) is 4. The summed E-state index contributed by atoms with van der Waals surface area (Å²) in [6.45, 7) is 12.6. The summed E-state index contributed by atoms with van der Waals surface area (Å²) in [4.78, 5) is 6.76. The molecule has 6 heteroatoms. The summed E-state index contributed by atoms with van der Waals surface area (Å²) in [6.07, 6.45) is 2.06. The first-order valence-corrected chi connectivity index (χ1v) is 10.0. The molecule has 1 rings (SSSR count). The van der Waals surface area contributed by atoms with Crippen molar-refractivity contribution in [1.82, 2.24) is 15.5 Å². The first-order chi connectivity index (χ1) is 13.1. The highest BCUT2D eigenvalue weighted by Gasteiger charge is 2.07. The quantitative estimate of drug-likeness (QED) is 0.314. The molecule has 154 valence electrons. The van der Waals surface area contributed by atoms with Gasteiger partial charge in [-0.3, -0.25) is 4.99 Å². The predicted molar refractivity (Wildman–Crippen MR) is 114 cm³/mol. The molecule has 0 aromatic heterocycles. The first-order valence-electron chi connectivity index (χ1n) is 10.0. The van der Waals surface area contributed by atoms with Crippen LogP contribution in [0.2, 0.25) is 0 Å². The summed E-state index contributed by atoms with van der Waals surface area (Å²) in [5.74, 6) is 1.74. The lowest BCUT2D eigenvalue weighted by Crippen LogP contribution is -2.41. The van der Waals surface area contributed by atoms with Crippen LogP contribution >= 0.6 is 0 Å². The molecule has 27 heavy (non-hydrogen) atoms. The number of ether oxygens (including phenoxy) is 2. The van der Waals surface area contributed by atoms with Gasteiger partial charge in [0.25, 0.3) is 0 Å². The van der Waals surface area contributed by atoms with E-state index in [4.69, 9.17) is 9.47 Å². The molecule has 0 fully saturated rings. The molecule has 0 radical (unpaired) electrons. The van der Waals surface area contributed by atoms with E-state index < -0.39 is 0 Å². The topological polar surface area (TPSA) is 58.1 Å². The highest BCUT2D eigenvalue weighted by molar-refractivity contribution is 5.79. The summed E-state index contributed by atoms with van der Waals surface area (Å²) >= 11 is 0. The second-order valence-electron chi connectivity index (χ2n) is 6.59. The zero-order valence-corrected chi connectivity index (χ0v) is 17.8. The molecule has 0 spiro atoms. The average molecular weight is 379 g/mol. The number of guanidine groups is 1. The minimum absolute atomic E-state index is 0.654. The van der Waals surface area contributed by atoms with E-state index in [0.717, 1.165) is 49.9 Å². The number of nitrogens with one attached hydrogen (secondary N) is 2. The summed E-state index contributed by atoms with van der Waals surface area (Å²) in [6, 6.07) is 6.31. The molecule has 0 saturated heterocycles. The zero-order chi connectivity index (χ0) is 19.9. The minimum atomic E-state index is 0.654. The lowest BCUT2D eigenvalue weighted by Gasteiger charge is -2.20. The maximum absolute atomic E-state index is 5.95. The number of aryl methyl sites for hydroxylation is 1. The van der Waals surface area contributed by atoms with E-state index >= 15 is 0 Å². The zero-order valence-electron chi connectivity index (χ0n) is 17.8. The van der Waals surface area contributed by atoms with Crippen LogP contribution in [0.4, 0.5) is 0 Å². The molecule has 0 aliphatic heterocycles. The number of aliphatic imine (C=N–C) groups is 1. The van der Waals surface area contributed by atoms with E-state index in [1.807, 2.05) is 0 Å². The standard InChI is InChI=1S/C21H38N4O2/c1-6-12-25(7-2)13-11-23-21(22-4)24-17-19-10-9-18(3)16-20(19)27-15-8-14-26-5/h9-10,16H,6-8,11-15,17H2,1-5H3,(H2,22,23,24). The van der Waals surface area contributed by atoms with Crippen molar-refractivity contribution in [3.63, 3.8) is 0 Å². The summed E-state index contributed by atoms with van der Waals surface area (Å²) in [5.41, 5.74) is 2.32. The Hall–Kier alpha value is -1.79. The third-order valence-electron chi connectivity index (χ3n) is 4.35. The van der Waals surface area contributed by atoms with E-state index in [9.17, 15) is 0 Å². The molecule has 0 amide bonds. The minimum Gasteiger partial charge on any atom is -0.493 e. The van der Waals surface area contributed by atoms with Gasteiger partial charge in [-0.1, -0.05) is 26.0 Å². The van der Waals surface area contributed by atoms with Crippen LogP contribution in [-0.4, -0.2) is 64.4 Å². The number of nitrogens with zero attached hydrogens (tertiary/aromatic N) is 2. The second kappa shape index (κ2) is 14.3. The monoisotopic (exact) mass is 378 g/mol. The van der Waals surface area contributed by atoms with Crippen molar-refractivity contribution < 1.29 is 9.47 Å². The van der Waals surface area contributed by atoms with E-state index in [-0.39, 0.29) is 0 Å². The van der Waals surface area contributed by atoms with E-state index in [1.54, 1.807) is 14.2 Å². The SMILES string of the molecule is CCCN(CC)CCNC(=NC)NCc1ccc(C)cc1OCCCOC. The van der Waals surface area contributed by atoms with Gasteiger partial charge < -0.3 is 25.0 Å². The molecule has 6 nitrogen and oxygen atoms in total. The Balaban J connectivity index is 2.51. The lowest BCUT2D eigenvalue weighted by atomic mass is 10.1. The molecule has 0 aliphatic carbocycles. The molecule has 0 bridgehead atoms. The van der Waals surface area contributed by atoms with Crippen LogP contribution in [0.15, 0.2) is 23.2 Å². The molecule has 2 N–H and O–H groups in total. The van der Waals surface area contributed by atoms with E-state index in [1.165, 1.54) is 12.0 Å². The molecule has 1 aromatic rings. The van der Waals surface area contributed by atoms with Crippen LogP contribution in [-0.2, 0) is 11.3 Å². The van der Waals surface area contributed by atoms with Gasteiger partial charge in [0, 0.05) is 52.4 Å². The maximum Gasteiger partial charge on any atom is 0.191 e. The van der Waals surface area contributed by atoms with Gasteiger partial charge in [-0.25, -0.2) is 0 Å². The maximum atomic E-state index is 5.95. The van der Waals surface area contributed by atoms with Crippen LogP contribution in [0.1, 0.15) is 37.8 Å². The van der Waals surface area contributed by atoms with Crippen LogP contribution < -0.4 is 15.4 Å². The smallest absolute Gasteiger partial charge is 0.191 e. The number of likely N-dealkylation sites (N-methyl/N-ethyl adjacent to an activating group) is 1. The van der Waals surface area contributed by atoms with Crippen molar-refractivity contribution in [3.05, 3.63) is 29.3 Å². The van der Waals surface area contributed by atoms with Crippen molar-refractivity contribution in [2.45, 2.75) is 40.2 Å². The van der Waals surface area contributed by atoms with Crippen molar-refractivity contribution in [2.24, 2.45) is 4.99 Å². The lowest BCUT2D eigenvalue weighted by molar-refractivity contribution is 0.171. The molecular weight excluding hydrogens is 340 g/mol. The van der Waals surface area contributed by atoms with Gasteiger partial charge in [0.15, 0.2) is 5.96 Å². The van der Waals surface area contributed by atoms with Gasteiger partial charge in [0.05, 0.1) is 6.61 Å². The third kappa shape index (κ3) is 9.63. The first kappa shape index (κ1) is 23.2. The molecular formula is C21H38N4O2. The fourth-order valence-corrected chi connectivity index (χ4v) is 2.80. The summed E-state index contributed by atoms with van der Waals surface area (Å²) in [5, 5.41) is 6.78. The number of methoxy groups -OCH3 is 1. The highest BCUT2D eigenvalue weighted by Crippen LogP contribution is 2.20. The molecule has 0 aliphatic rings. The average Bonchev–Trinajstić information content (AvgIpc) is 2.68. The van der Waals surface area contributed by atoms with Gasteiger partial charge in [-0.15, -0.1) is 0 Å². The third-order valence-corrected chi connectivity index (χ3v) is 4.35. The Morgan fingerprint density at radius 3 is 2.63 bits per heavy atom. The summed E-state index contributed by atoms with van der Waals surface area (Å²) in [7, 11) is 3.51. The summed E-state index contributed by atoms with van der Waals surface area (Å²) < 4.78 is 11.0. The molecule has 0 heterocycles. The predicted octanol–water partition coefficient (Wildman–Crippen LogP) is 2.81. The Morgan fingerprint density at radius 1 is 1.15 bits per heavy atom. The van der Waals surface area contributed by atoms with Gasteiger partial charge in [-0.2, -0.15) is 0 Å². The van der Waals surface area contributed by atoms with E-state index in [2.05, 4.69) is 59.5 Å². The molecule has 0 atom stereocenters. The fourth-order valence-electron chi connectivity index (χ4n) is 2.80. The van der Waals surface area contributed by atoms with Crippen molar-refractivity contribution in [3.8, 4) is 5.75 Å². The second-order valence-corrected chi connectivity index (χ2v) is 6.59. The van der Waals surface area contributed by atoms with E-state index in [0.29, 0.717) is 19.8 Å². The Morgan fingerprint density at radius 2 is 1.96 bits per heavy atom. The normalized spacial score (nSPS) is 11.7. The number of benzene rings is 1. The van der Waals surface area contributed by atoms with Crippen LogP contribution in [0.3, 0.4) is 0 Å². The Bertz CT molecular complexity index is 549. The van der Waals surface area contributed by atoms with Crippen molar-refractivity contribution in [2.75, 3.05) is 53.6 Å². The van der Waals surface area contributed by atoms with Crippen molar-refractivity contribution in [1.29, 1.82) is 0 Å². The van der Waals surface area contributed by atoms with Crippen LogP contribution in [0.5, 0.6) is 5.75 Å². The Labute approximate surface area is 165 Å². The van der Waals surface area contributed by atoms with Gasteiger partial charge in [0.1, 0.15) is 5.75 Å². The number of hydrogen-bond donors (Lipinski definition) is 2. The van der Waals surface area contributed by atoms with Crippen LogP contribution in [0.25, 0.3) is 0 Å². The highest BCUT2D eigenvalue weighted by atomic mass is 16.5. The van der Waals surface area contributed by atoms with Gasteiger partial charge >= 0.3 is 0 Å². The Kier molecular flexibility index (Phi) is 12.3. The fraction of sp³-hybridized carbons (Fsp3) is 0.667. The largest absolute Gasteiger partial charge is 0.493 e.